The number of aromatic nitrogens is 1. The highest BCUT2D eigenvalue weighted by molar-refractivity contribution is 7.17. The van der Waals surface area contributed by atoms with Gasteiger partial charge in [0, 0.05) is 11.6 Å². The van der Waals surface area contributed by atoms with E-state index in [2.05, 4.69) is 15.5 Å². The van der Waals surface area contributed by atoms with Crippen LogP contribution in [-0.4, -0.2) is 34.2 Å². The Kier molecular flexibility index (Phi) is 5.49. The van der Waals surface area contributed by atoms with Crippen molar-refractivity contribution in [2.75, 3.05) is 12.8 Å². The number of methoxy groups -OCH3 is 1. The van der Waals surface area contributed by atoms with Gasteiger partial charge in [-0.2, -0.15) is 5.10 Å². The van der Waals surface area contributed by atoms with Gasteiger partial charge in [0.1, 0.15) is 4.88 Å². The van der Waals surface area contributed by atoms with Crippen molar-refractivity contribution in [1.29, 1.82) is 0 Å². The number of phenols is 1. The third-order valence-electron chi connectivity index (χ3n) is 3.14. The Morgan fingerprint density at radius 2 is 2.32 bits per heavy atom. The maximum atomic E-state index is 12.1. The van der Waals surface area contributed by atoms with Crippen molar-refractivity contribution in [3.8, 4) is 11.5 Å². The van der Waals surface area contributed by atoms with Gasteiger partial charge in [-0.1, -0.05) is 18.3 Å². The first-order valence-electron chi connectivity index (χ1n) is 7.01. The van der Waals surface area contributed by atoms with Gasteiger partial charge in [-0.15, -0.1) is 0 Å². The lowest BCUT2D eigenvalue weighted by atomic mass is 10.2. The van der Waals surface area contributed by atoms with Crippen molar-refractivity contribution in [1.82, 2.24) is 10.4 Å². The van der Waals surface area contributed by atoms with E-state index in [1.165, 1.54) is 7.11 Å². The molecule has 2 aromatic rings. The molecule has 0 radical (unpaired) electrons. The van der Waals surface area contributed by atoms with Crippen molar-refractivity contribution >= 4 is 34.3 Å². The first-order valence-corrected chi connectivity index (χ1v) is 7.83. The van der Waals surface area contributed by atoms with Gasteiger partial charge in [0.25, 0.3) is 11.6 Å². The van der Waals surface area contributed by atoms with Gasteiger partial charge in [0.05, 0.1) is 30.0 Å². The minimum absolute atomic E-state index is 0.0193. The number of nitrogens with one attached hydrogen (secondary N) is 1. The average Bonchev–Trinajstić information content (AvgIpc) is 2.97. The van der Waals surface area contributed by atoms with E-state index in [4.69, 9.17) is 10.5 Å². The number of non-ortho nitro benzene ring substituents is 1. The van der Waals surface area contributed by atoms with Gasteiger partial charge in [0.15, 0.2) is 16.6 Å². The van der Waals surface area contributed by atoms with E-state index < -0.39 is 10.8 Å². The number of nitrogen functional groups attached to an aromatic ring is 1. The summed E-state index contributed by atoms with van der Waals surface area (Å²) in [5.74, 6) is -0.924. The molecule has 2 rings (SSSR count). The number of aryl methyl sites for hydroxylation is 1. The molecule has 1 aromatic heterocycles. The summed E-state index contributed by atoms with van der Waals surface area (Å²) in [4.78, 5) is 26.7. The van der Waals surface area contributed by atoms with E-state index in [1.807, 2.05) is 6.92 Å². The maximum absolute atomic E-state index is 12.1. The Bertz CT molecular complexity index is 848. The van der Waals surface area contributed by atoms with E-state index in [1.54, 1.807) is 0 Å². The number of hydrazone groups is 1. The fourth-order valence-electron chi connectivity index (χ4n) is 1.97. The second-order valence-corrected chi connectivity index (χ2v) is 5.75. The second-order valence-electron chi connectivity index (χ2n) is 4.72. The van der Waals surface area contributed by atoms with Crippen LogP contribution in [0.25, 0.3) is 0 Å². The van der Waals surface area contributed by atoms with Gasteiger partial charge in [-0.05, 0) is 6.42 Å². The molecule has 0 bridgehead atoms. The molecule has 0 unspecified atom stereocenters. The summed E-state index contributed by atoms with van der Waals surface area (Å²) < 4.78 is 4.88. The molecular weight excluding hydrogens is 350 g/mol. The average molecular weight is 365 g/mol. The quantitative estimate of drug-likeness (QED) is 0.400. The lowest BCUT2D eigenvalue weighted by Gasteiger charge is -2.06. The zero-order chi connectivity index (χ0) is 18.6. The van der Waals surface area contributed by atoms with Crippen LogP contribution in [0.1, 0.15) is 27.9 Å². The van der Waals surface area contributed by atoms with E-state index in [0.29, 0.717) is 17.0 Å². The molecular formula is C14H15N5O5S. The monoisotopic (exact) mass is 365 g/mol. The summed E-state index contributed by atoms with van der Waals surface area (Å²) in [6, 6.07) is 2.19. The van der Waals surface area contributed by atoms with Crippen LogP contribution in [0.3, 0.4) is 0 Å². The number of carbonyl (C=O) groups excluding carboxylic acids is 1. The SMILES string of the molecule is CCc1nc(N)sc1C(=O)N/N=C\c1cc([N+](=O)[O-])cc(OC)c1O. The molecule has 0 aliphatic carbocycles. The molecule has 1 amide bonds. The van der Waals surface area contributed by atoms with Crippen LogP contribution in [0.4, 0.5) is 10.8 Å². The van der Waals surface area contributed by atoms with Gasteiger partial charge < -0.3 is 15.6 Å². The van der Waals surface area contributed by atoms with Crippen molar-refractivity contribution < 1.29 is 19.6 Å². The minimum Gasteiger partial charge on any atom is -0.504 e. The lowest BCUT2D eigenvalue weighted by molar-refractivity contribution is -0.385. The molecule has 4 N–H and O–H groups in total. The molecule has 0 spiro atoms. The first-order chi connectivity index (χ1) is 11.9. The number of rotatable bonds is 6. The fraction of sp³-hybridized carbons (Fsp3) is 0.214. The van der Waals surface area contributed by atoms with Crippen molar-refractivity contribution in [3.05, 3.63) is 38.4 Å². The number of thiazole rings is 1. The molecule has 1 aromatic carbocycles. The maximum Gasteiger partial charge on any atom is 0.283 e. The Morgan fingerprint density at radius 1 is 1.60 bits per heavy atom. The summed E-state index contributed by atoms with van der Waals surface area (Å²) >= 11 is 1.03. The molecule has 132 valence electrons. The highest BCUT2D eigenvalue weighted by atomic mass is 32.1. The standard InChI is InChI=1S/C14H15N5O5S/c1-3-9-12(25-14(15)17-9)13(21)18-16-6-7-4-8(19(22)23)5-10(24-2)11(7)20/h4-6,20H,3H2,1-2H3,(H2,15,17)(H,18,21)/b16-6-. The predicted octanol–water partition coefficient (Wildman–Crippen LogP) is 1.67. The normalized spacial score (nSPS) is 10.8. The number of hydrogen-bond donors (Lipinski definition) is 3. The van der Waals surface area contributed by atoms with E-state index >= 15 is 0 Å². The van der Waals surface area contributed by atoms with Crippen LogP contribution in [0.5, 0.6) is 11.5 Å². The molecule has 0 fully saturated rings. The van der Waals surface area contributed by atoms with E-state index in [9.17, 15) is 20.0 Å². The third kappa shape index (κ3) is 4.01. The molecule has 1 heterocycles. The van der Waals surface area contributed by atoms with Crippen molar-refractivity contribution in [2.45, 2.75) is 13.3 Å². The number of nitro groups is 1. The van der Waals surface area contributed by atoms with Crippen LogP contribution in [0.2, 0.25) is 0 Å². The molecule has 25 heavy (non-hydrogen) atoms. The van der Waals surface area contributed by atoms with Crippen LogP contribution in [-0.2, 0) is 6.42 Å². The smallest absolute Gasteiger partial charge is 0.283 e. The highest BCUT2D eigenvalue weighted by Crippen LogP contribution is 2.33. The number of carbonyl (C=O) groups is 1. The van der Waals surface area contributed by atoms with Crippen LogP contribution >= 0.6 is 11.3 Å². The third-order valence-corrected chi connectivity index (χ3v) is 4.07. The lowest BCUT2D eigenvalue weighted by Crippen LogP contribution is -2.17. The minimum atomic E-state index is -0.633. The summed E-state index contributed by atoms with van der Waals surface area (Å²) in [7, 11) is 1.27. The van der Waals surface area contributed by atoms with Crippen LogP contribution in [0, 0.1) is 10.1 Å². The first kappa shape index (κ1) is 18.1. The number of benzene rings is 1. The molecule has 0 aliphatic heterocycles. The number of ether oxygens (including phenoxy) is 1. The molecule has 0 saturated heterocycles. The van der Waals surface area contributed by atoms with Gasteiger partial charge in [-0.25, -0.2) is 10.4 Å². The predicted molar refractivity (Wildman–Crippen MR) is 92.3 cm³/mol. The van der Waals surface area contributed by atoms with Crippen LogP contribution in [0.15, 0.2) is 17.2 Å². The molecule has 0 saturated carbocycles. The number of aromatic hydroxyl groups is 1. The number of nitro benzene ring substituents is 1. The number of hydrogen-bond acceptors (Lipinski definition) is 9. The number of amides is 1. The number of anilines is 1. The zero-order valence-corrected chi connectivity index (χ0v) is 14.2. The fourth-order valence-corrected chi connectivity index (χ4v) is 2.78. The summed E-state index contributed by atoms with van der Waals surface area (Å²) in [6.45, 7) is 1.84. The Morgan fingerprint density at radius 3 is 2.92 bits per heavy atom. The van der Waals surface area contributed by atoms with Gasteiger partial charge in [0.2, 0.25) is 0 Å². The van der Waals surface area contributed by atoms with E-state index in [0.717, 1.165) is 29.7 Å². The van der Waals surface area contributed by atoms with Crippen LogP contribution < -0.4 is 15.9 Å². The Hall–Kier alpha value is -3.21. The molecule has 11 heteroatoms. The Balaban J connectivity index is 2.23. The highest BCUT2D eigenvalue weighted by Gasteiger charge is 2.17. The van der Waals surface area contributed by atoms with Crippen molar-refractivity contribution in [3.63, 3.8) is 0 Å². The topological polar surface area (TPSA) is 153 Å². The van der Waals surface area contributed by atoms with Gasteiger partial charge >= 0.3 is 0 Å². The molecule has 0 aliphatic rings. The number of nitrogens with zero attached hydrogens (tertiary/aromatic N) is 3. The van der Waals surface area contributed by atoms with Gasteiger partial charge in [-0.3, -0.25) is 14.9 Å². The Labute approximate surface area is 146 Å². The number of nitrogens with two attached hydrogens (primary N) is 1. The summed E-state index contributed by atoms with van der Waals surface area (Å²) in [6.07, 6.45) is 1.61. The zero-order valence-electron chi connectivity index (χ0n) is 13.3. The molecule has 10 nitrogen and oxygen atoms in total. The largest absolute Gasteiger partial charge is 0.504 e. The second kappa shape index (κ2) is 7.57. The van der Waals surface area contributed by atoms with Crippen molar-refractivity contribution in [2.24, 2.45) is 5.10 Å². The van der Waals surface area contributed by atoms with E-state index in [-0.39, 0.29) is 27.9 Å². The summed E-state index contributed by atoms with van der Waals surface area (Å²) in [5, 5.41) is 24.9. The summed E-state index contributed by atoms with van der Waals surface area (Å²) in [5.41, 5.74) is 8.14. The number of phenolic OH excluding ortho intramolecular Hbond substituents is 1. The molecule has 0 atom stereocenters.